The van der Waals surface area contributed by atoms with Crippen molar-refractivity contribution in [3.05, 3.63) is 58.6 Å². The lowest BCUT2D eigenvalue weighted by molar-refractivity contribution is -0.131. The third kappa shape index (κ3) is 4.75. The number of amides is 1. The molecule has 0 aliphatic carbocycles. The number of hydrogen-bond donors (Lipinski definition) is 0. The largest absolute Gasteiger partial charge is 0.341 e. The second-order valence-corrected chi connectivity index (χ2v) is 10.2. The fraction of sp³-hybridized carbons (Fsp3) is 0.381. The van der Waals surface area contributed by atoms with Gasteiger partial charge in [0.1, 0.15) is 6.54 Å². The Morgan fingerprint density at radius 3 is 2.39 bits per heavy atom. The van der Waals surface area contributed by atoms with E-state index in [9.17, 15) is 13.2 Å². The number of benzene rings is 2. The Hall–Kier alpha value is -1.86. The number of carbonyl (C=O) groups excluding carboxylic acids is 1. The van der Waals surface area contributed by atoms with E-state index in [2.05, 4.69) is 22.9 Å². The molecule has 1 heterocycles. The van der Waals surface area contributed by atoms with Crippen LogP contribution in [0.25, 0.3) is 0 Å². The molecule has 2 aromatic rings. The fourth-order valence-corrected chi connectivity index (χ4v) is 5.08. The van der Waals surface area contributed by atoms with Crippen molar-refractivity contribution in [2.75, 3.05) is 23.9 Å². The molecule has 1 aliphatic heterocycles. The molecule has 3 rings (SSSR count). The molecule has 1 saturated heterocycles. The highest BCUT2D eigenvalue weighted by Gasteiger charge is 2.30. The number of rotatable bonds is 5. The van der Waals surface area contributed by atoms with Gasteiger partial charge in [-0.15, -0.1) is 0 Å². The highest BCUT2D eigenvalue weighted by Crippen LogP contribution is 2.26. The monoisotopic (exact) mass is 464 g/mol. The molecular weight excluding hydrogens is 440 g/mol. The molecule has 0 radical (unpaired) electrons. The molecule has 0 bridgehead atoms. The van der Waals surface area contributed by atoms with Crippen molar-refractivity contribution >= 4 is 37.5 Å². The van der Waals surface area contributed by atoms with Gasteiger partial charge in [-0.1, -0.05) is 40.5 Å². The van der Waals surface area contributed by atoms with Gasteiger partial charge in [0.25, 0.3) is 10.0 Å². The minimum absolute atomic E-state index is 0.162. The molecule has 7 heteroatoms. The van der Waals surface area contributed by atoms with Gasteiger partial charge in [-0.05, 0) is 62.1 Å². The molecule has 0 N–H and O–H groups in total. The van der Waals surface area contributed by atoms with Crippen LogP contribution in [0.3, 0.4) is 0 Å². The quantitative estimate of drug-likeness (QED) is 0.665. The zero-order chi connectivity index (χ0) is 20.3. The van der Waals surface area contributed by atoms with Crippen molar-refractivity contribution in [2.45, 2.75) is 31.6 Å². The van der Waals surface area contributed by atoms with Gasteiger partial charge in [-0.25, -0.2) is 8.42 Å². The number of nitrogens with zero attached hydrogens (tertiary/aromatic N) is 2. The molecule has 1 aliphatic rings. The summed E-state index contributed by atoms with van der Waals surface area (Å²) in [5, 5.41) is 0. The van der Waals surface area contributed by atoms with Crippen molar-refractivity contribution in [1.29, 1.82) is 0 Å². The summed E-state index contributed by atoms with van der Waals surface area (Å²) in [5.41, 5.74) is 1.45. The van der Waals surface area contributed by atoms with E-state index in [4.69, 9.17) is 0 Å². The van der Waals surface area contributed by atoms with Gasteiger partial charge >= 0.3 is 0 Å². The summed E-state index contributed by atoms with van der Waals surface area (Å²) in [5.74, 6) is 0.276. The predicted octanol–water partition coefficient (Wildman–Crippen LogP) is 4.21. The van der Waals surface area contributed by atoms with Crippen LogP contribution in [0.4, 0.5) is 5.69 Å². The number of aryl methyl sites for hydroxylation is 1. The van der Waals surface area contributed by atoms with Gasteiger partial charge in [-0.3, -0.25) is 9.10 Å². The summed E-state index contributed by atoms with van der Waals surface area (Å²) < 4.78 is 28.8. The number of halogens is 1. The van der Waals surface area contributed by atoms with Gasteiger partial charge in [0.05, 0.1) is 10.6 Å². The Balaban J connectivity index is 1.94. The van der Waals surface area contributed by atoms with Gasteiger partial charge in [0.15, 0.2) is 0 Å². The van der Waals surface area contributed by atoms with Gasteiger partial charge in [0.2, 0.25) is 5.91 Å². The van der Waals surface area contributed by atoms with Crippen LogP contribution in [0.15, 0.2) is 57.9 Å². The van der Waals surface area contributed by atoms with E-state index in [1.807, 2.05) is 6.92 Å². The van der Waals surface area contributed by atoms with Crippen LogP contribution in [-0.2, 0) is 14.8 Å². The number of likely N-dealkylation sites (tertiary alicyclic amines) is 1. The molecule has 1 amide bonds. The molecule has 1 atom stereocenters. The zero-order valence-corrected chi connectivity index (χ0v) is 18.5. The minimum Gasteiger partial charge on any atom is -0.341 e. The van der Waals surface area contributed by atoms with E-state index in [0.29, 0.717) is 24.7 Å². The average molecular weight is 465 g/mol. The molecule has 0 unspecified atom stereocenters. The molecule has 0 saturated carbocycles. The summed E-state index contributed by atoms with van der Waals surface area (Å²) in [6.07, 6.45) is 2.05. The Labute approximate surface area is 175 Å². The van der Waals surface area contributed by atoms with Gasteiger partial charge in [0, 0.05) is 17.6 Å². The maximum absolute atomic E-state index is 13.4. The maximum Gasteiger partial charge on any atom is 0.264 e. The first-order chi connectivity index (χ1) is 13.3. The van der Waals surface area contributed by atoms with Crippen molar-refractivity contribution in [2.24, 2.45) is 5.92 Å². The molecule has 5 nitrogen and oxygen atoms in total. The Kier molecular flexibility index (Phi) is 6.45. The number of hydrogen-bond acceptors (Lipinski definition) is 3. The van der Waals surface area contributed by atoms with Crippen LogP contribution in [0.5, 0.6) is 0 Å². The van der Waals surface area contributed by atoms with Gasteiger partial charge in [-0.2, -0.15) is 0 Å². The van der Waals surface area contributed by atoms with E-state index in [0.717, 1.165) is 22.9 Å². The third-order valence-corrected chi connectivity index (χ3v) is 7.33. The van der Waals surface area contributed by atoms with E-state index < -0.39 is 10.0 Å². The van der Waals surface area contributed by atoms with Crippen molar-refractivity contribution < 1.29 is 13.2 Å². The summed E-state index contributed by atoms with van der Waals surface area (Å²) >= 11 is 3.37. The fourth-order valence-electron chi connectivity index (χ4n) is 3.40. The van der Waals surface area contributed by atoms with Crippen LogP contribution in [0, 0.1) is 12.8 Å². The first-order valence-electron chi connectivity index (χ1n) is 9.40. The summed E-state index contributed by atoms with van der Waals surface area (Å²) in [6.45, 7) is 5.18. The molecule has 2 aromatic carbocycles. The standard InChI is InChI=1S/C21H25BrN2O3S/c1-16-5-11-20(12-6-16)28(26,27)24(19-9-7-18(22)8-10-19)15-21(25)23-13-3-4-17(2)14-23/h5-12,17H,3-4,13-15H2,1-2H3/t17-/m1/s1. The van der Waals surface area contributed by atoms with Crippen LogP contribution in [0.2, 0.25) is 0 Å². The van der Waals surface area contributed by atoms with E-state index in [1.54, 1.807) is 53.4 Å². The zero-order valence-electron chi connectivity index (χ0n) is 16.1. The predicted molar refractivity (Wildman–Crippen MR) is 115 cm³/mol. The Morgan fingerprint density at radius 1 is 1.14 bits per heavy atom. The SMILES string of the molecule is Cc1ccc(S(=O)(=O)N(CC(=O)N2CCC[C@@H](C)C2)c2ccc(Br)cc2)cc1. The lowest BCUT2D eigenvalue weighted by atomic mass is 10.0. The van der Waals surface area contributed by atoms with Crippen molar-refractivity contribution in [1.82, 2.24) is 4.90 Å². The normalized spacial score (nSPS) is 17.4. The summed E-state index contributed by atoms with van der Waals surface area (Å²) in [6, 6.07) is 13.7. The molecule has 1 fully saturated rings. The smallest absolute Gasteiger partial charge is 0.264 e. The molecule has 28 heavy (non-hydrogen) atoms. The number of carbonyl (C=O) groups is 1. The van der Waals surface area contributed by atoms with Gasteiger partial charge < -0.3 is 4.90 Å². The van der Waals surface area contributed by atoms with E-state index in [-0.39, 0.29) is 17.3 Å². The summed E-state index contributed by atoms with van der Waals surface area (Å²) in [4.78, 5) is 14.9. The lowest BCUT2D eigenvalue weighted by Crippen LogP contribution is -2.46. The Morgan fingerprint density at radius 2 is 1.79 bits per heavy atom. The number of sulfonamides is 1. The highest BCUT2D eigenvalue weighted by atomic mass is 79.9. The maximum atomic E-state index is 13.4. The molecule has 0 spiro atoms. The third-order valence-electron chi connectivity index (χ3n) is 5.01. The van der Waals surface area contributed by atoms with Crippen molar-refractivity contribution in [3.63, 3.8) is 0 Å². The average Bonchev–Trinajstić information content (AvgIpc) is 2.67. The van der Waals surface area contributed by atoms with Crippen LogP contribution < -0.4 is 4.31 Å². The lowest BCUT2D eigenvalue weighted by Gasteiger charge is -2.33. The molecular formula is C21H25BrN2O3S. The minimum atomic E-state index is -3.86. The topological polar surface area (TPSA) is 57.7 Å². The van der Waals surface area contributed by atoms with Crippen LogP contribution in [0.1, 0.15) is 25.3 Å². The number of anilines is 1. The van der Waals surface area contributed by atoms with Crippen LogP contribution >= 0.6 is 15.9 Å². The summed E-state index contributed by atoms with van der Waals surface area (Å²) in [7, 11) is -3.86. The van der Waals surface area contributed by atoms with E-state index in [1.165, 1.54) is 4.31 Å². The highest BCUT2D eigenvalue weighted by molar-refractivity contribution is 9.10. The van der Waals surface area contributed by atoms with Crippen molar-refractivity contribution in [3.8, 4) is 0 Å². The molecule has 0 aromatic heterocycles. The second-order valence-electron chi connectivity index (χ2n) is 7.39. The first kappa shape index (κ1) is 20.9. The van der Waals surface area contributed by atoms with Crippen LogP contribution in [-0.4, -0.2) is 38.9 Å². The van der Waals surface area contributed by atoms with E-state index >= 15 is 0 Å². The first-order valence-corrected chi connectivity index (χ1v) is 11.6. The second kappa shape index (κ2) is 8.66. The Bertz CT molecular complexity index is 927. The number of piperidine rings is 1. The molecule has 150 valence electrons.